The first-order valence-electron chi connectivity index (χ1n) is 15.6. The molecule has 0 fully saturated rings. The Balaban J connectivity index is 1.16. The highest BCUT2D eigenvalue weighted by molar-refractivity contribution is 6.07. The number of allylic oxidation sites excluding steroid dienone is 1. The lowest BCUT2D eigenvalue weighted by atomic mass is 9.83. The second kappa shape index (κ2) is 13.6. The number of methoxy groups -OCH3 is 1. The van der Waals surface area contributed by atoms with Gasteiger partial charge in [0.1, 0.15) is 5.75 Å². The SMILES string of the molecule is COc1ccc2c(c1)[C@](O)([C@@H](C)/C=C/CCn1cc(CCO)nn1)C(=O)N2Cc1cccc(NC(=O)Cc2c[nH]c3ccccc23)c1. The Hall–Kier alpha value is -5.26. The first kappa shape index (κ1) is 31.7. The number of fused-ring (bicyclic) bond motifs is 2. The molecule has 11 heteroatoms. The highest BCUT2D eigenvalue weighted by atomic mass is 16.5. The van der Waals surface area contributed by atoms with Crippen LogP contribution in [0.3, 0.4) is 0 Å². The molecule has 6 rings (SSSR count). The van der Waals surface area contributed by atoms with Crippen LogP contribution >= 0.6 is 0 Å². The average Bonchev–Trinajstić information content (AvgIpc) is 3.76. The van der Waals surface area contributed by atoms with Gasteiger partial charge in [-0.15, -0.1) is 5.10 Å². The third-order valence-corrected chi connectivity index (χ3v) is 8.62. The Morgan fingerprint density at radius 3 is 2.83 bits per heavy atom. The van der Waals surface area contributed by atoms with Crippen molar-refractivity contribution in [3.8, 4) is 5.75 Å². The maximum Gasteiger partial charge on any atom is 0.264 e. The van der Waals surface area contributed by atoms with Gasteiger partial charge in [0.15, 0.2) is 5.60 Å². The second-order valence-electron chi connectivity index (χ2n) is 11.8. The number of aromatic nitrogens is 4. The number of hydrogen-bond acceptors (Lipinski definition) is 7. The molecule has 3 aromatic carbocycles. The summed E-state index contributed by atoms with van der Waals surface area (Å²) in [6, 6.07) is 20.5. The topological polar surface area (TPSA) is 146 Å². The van der Waals surface area contributed by atoms with Gasteiger partial charge in [-0.25, -0.2) is 0 Å². The molecular formula is C36H38N6O5. The number of carbonyl (C=O) groups is 2. The highest BCUT2D eigenvalue weighted by Crippen LogP contribution is 2.47. The number of anilines is 2. The lowest BCUT2D eigenvalue weighted by Gasteiger charge is -2.28. The van der Waals surface area contributed by atoms with Gasteiger partial charge in [0.25, 0.3) is 5.91 Å². The van der Waals surface area contributed by atoms with Crippen LogP contribution in [0.4, 0.5) is 11.4 Å². The monoisotopic (exact) mass is 634 g/mol. The Morgan fingerprint density at radius 2 is 2.00 bits per heavy atom. The van der Waals surface area contributed by atoms with Crippen LogP contribution in [-0.4, -0.2) is 55.7 Å². The summed E-state index contributed by atoms with van der Waals surface area (Å²) in [6.45, 7) is 2.60. The number of benzene rings is 3. The standard InChI is InChI=1S/C36H38N6O5/c1-24(8-5-6-16-41-23-28(15-17-43)39-40-41)36(46)31-20-29(47-2)13-14-33(31)42(35(36)45)22-25-9-7-10-27(18-25)38-34(44)19-26-21-37-32-12-4-3-11-30(26)32/h3-5,7-14,18,20-21,23-24,37,43,46H,6,15-17,19,22H2,1-2H3,(H,38,44)/b8-5+/t24-,36+/m0/s1. The van der Waals surface area contributed by atoms with E-state index < -0.39 is 17.4 Å². The molecule has 2 amide bonds. The summed E-state index contributed by atoms with van der Waals surface area (Å²) in [5.41, 5.74) is 3.31. The lowest BCUT2D eigenvalue weighted by Crippen LogP contribution is -2.44. The summed E-state index contributed by atoms with van der Waals surface area (Å²) in [6.07, 6.45) is 8.71. The molecule has 4 N–H and O–H groups in total. The van der Waals surface area contributed by atoms with Crippen LogP contribution < -0.4 is 15.0 Å². The fraction of sp³-hybridized carbons (Fsp3) is 0.278. The molecule has 0 aliphatic carbocycles. The number of amides is 2. The number of ether oxygens (including phenoxy) is 1. The second-order valence-corrected chi connectivity index (χ2v) is 11.8. The zero-order valence-corrected chi connectivity index (χ0v) is 26.4. The third kappa shape index (κ3) is 6.53. The minimum absolute atomic E-state index is 0.0144. The number of hydrogen-bond donors (Lipinski definition) is 4. The Labute approximate surface area is 272 Å². The van der Waals surface area contributed by atoms with E-state index >= 15 is 0 Å². The number of H-pyrrole nitrogens is 1. The normalized spacial score (nSPS) is 16.6. The molecule has 0 saturated carbocycles. The summed E-state index contributed by atoms with van der Waals surface area (Å²) < 4.78 is 7.15. The maximum atomic E-state index is 14.1. The number of aromatic amines is 1. The summed E-state index contributed by atoms with van der Waals surface area (Å²) in [5, 5.41) is 33.3. The van der Waals surface area contributed by atoms with Crippen molar-refractivity contribution in [2.45, 2.75) is 44.9 Å². The maximum absolute atomic E-state index is 14.1. The van der Waals surface area contributed by atoms with Gasteiger partial charge in [-0.3, -0.25) is 14.3 Å². The molecule has 47 heavy (non-hydrogen) atoms. The Kier molecular flexibility index (Phi) is 9.19. The van der Waals surface area contributed by atoms with Crippen molar-refractivity contribution in [3.05, 3.63) is 114 Å². The van der Waals surface area contributed by atoms with Crippen molar-refractivity contribution in [1.82, 2.24) is 20.0 Å². The van der Waals surface area contributed by atoms with Crippen LogP contribution in [0, 0.1) is 5.92 Å². The summed E-state index contributed by atoms with van der Waals surface area (Å²) in [4.78, 5) is 31.8. The largest absolute Gasteiger partial charge is 0.497 e. The molecule has 3 heterocycles. The van der Waals surface area contributed by atoms with Crippen molar-refractivity contribution < 1.29 is 24.5 Å². The smallest absolute Gasteiger partial charge is 0.264 e. The average molecular weight is 635 g/mol. The molecule has 242 valence electrons. The summed E-state index contributed by atoms with van der Waals surface area (Å²) >= 11 is 0. The first-order valence-corrected chi connectivity index (χ1v) is 15.6. The van der Waals surface area contributed by atoms with Gasteiger partial charge < -0.3 is 30.2 Å². The van der Waals surface area contributed by atoms with E-state index in [9.17, 15) is 14.7 Å². The van der Waals surface area contributed by atoms with Crippen LogP contribution in [0.25, 0.3) is 10.9 Å². The van der Waals surface area contributed by atoms with Gasteiger partial charge in [-0.1, -0.05) is 54.6 Å². The number of aliphatic hydroxyl groups excluding tert-OH is 1. The molecule has 0 radical (unpaired) electrons. The molecule has 1 aliphatic heterocycles. The van der Waals surface area contributed by atoms with E-state index in [1.807, 2.05) is 73.8 Å². The summed E-state index contributed by atoms with van der Waals surface area (Å²) in [5.74, 6) is -0.595. The fourth-order valence-corrected chi connectivity index (χ4v) is 6.12. The first-order chi connectivity index (χ1) is 22.8. The quantitative estimate of drug-likeness (QED) is 0.140. The Bertz CT molecular complexity index is 1930. The number of aryl methyl sites for hydroxylation is 1. The van der Waals surface area contributed by atoms with Crippen LogP contribution in [-0.2, 0) is 41.1 Å². The number of nitrogens with zero attached hydrogens (tertiary/aromatic N) is 4. The van der Waals surface area contributed by atoms with Gasteiger partial charge in [-0.2, -0.15) is 0 Å². The predicted molar refractivity (Wildman–Crippen MR) is 179 cm³/mol. The van der Waals surface area contributed by atoms with Crippen molar-refractivity contribution in [2.24, 2.45) is 5.92 Å². The van der Waals surface area contributed by atoms with Gasteiger partial charge in [0.2, 0.25) is 5.91 Å². The molecule has 0 unspecified atom stereocenters. The minimum Gasteiger partial charge on any atom is -0.497 e. The van der Waals surface area contributed by atoms with E-state index in [2.05, 4.69) is 20.6 Å². The minimum atomic E-state index is -1.81. The molecule has 2 aromatic heterocycles. The number of carbonyl (C=O) groups excluding carboxylic acids is 2. The molecule has 1 aliphatic rings. The number of aliphatic hydroxyl groups is 2. The zero-order valence-electron chi connectivity index (χ0n) is 26.4. The zero-order chi connectivity index (χ0) is 33.0. The number of rotatable bonds is 13. The predicted octanol–water partition coefficient (Wildman–Crippen LogP) is 4.50. The number of para-hydroxylation sites is 1. The van der Waals surface area contributed by atoms with E-state index in [4.69, 9.17) is 9.84 Å². The fourth-order valence-electron chi connectivity index (χ4n) is 6.12. The molecule has 0 bridgehead atoms. The van der Waals surface area contributed by atoms with E-state index in [-0.39, 0.29) is 25.5 Å². The molecule has 11 nitrogen and oxygen atoms in total. The van der Waals surface area contributed by atoms with Crippen LogP contribution in [0.15, 0.2) is 91.3 Å². The van der Waals surface area contributed by atoms with Crippen LogP contribution in [0.5, 0.6) is 5.75 Å². The van der Waals surface area contributed by atoms with Gasteiger partial charge in [0.05, 0.1) is 31.5 Å². The van der Waals surface area contributed by atoms with Crippen molar-refractivity contribution in [1.29, 1.82) is 0 Å². The van der Waals surface area contributed by atoms with Crippen LogP contribution in [0.1, 0.15) is 35.7 Å². The van der Waals surface area contributed by atoms with E-state index in [1.165, 1.54) is 0 Å². The van der Waals surface area contributed by atoms with Crippen molar-refractivity contribution in [2.75, 3.05) is 23.9 Å². The third-order valence-electron chi connectivity index (χ3n) is 8.62. The van der Waals surface area contributed by atoms with Crippen molar-refractivity contribution >= 4 is 34.1 Å². The lowest BCUT2D eigenvalue weighted by molar-refractivity contribution is -0.139. The molecule has 2 atom stereocenters. The summed E-state index contributed by atoms with van der Waals surface area (Å²) in [7, 11) is 1.55. The molecular weight excluding hydrogens is 596 g/mol. The number of nitrogens with one attached hydrogen (secondary N) is 2. The van der Waals surface area contributed by atoms with Gasteiger partial charge in [-0.05, 0) is 53.9 Å². The van der Waals surface area contributed by atoms with E-state index in [1.54, 1.807) is 41.1 Å². The van der Waals surface area contributed by atoms with Crippen LogP contribution in [0.2, 0.25) is 0 Å². The van der Waals surface area contributed by atoms with E-state index in [0.717, 1.165) is 27.7 Å². The molecule has 5 aromatic rings. The van der Waals surface area contributed by atoms with Gasteiger partial charge >= 0.3 is 0 Å². The highest BCUT2D eigenvalue weighted by Gasteiger charge is 2.52. The van der Waals surface area contributed by atoms with Crippen molar-refractivity contribution in [3.63, 3.8) is 0 Å². The Morgan fingerprint density at radius 1 is 1.15 bits per heavy atom. The van der Waals surface area contributed by atoms with Gasteiger partial charge in [0, 0.05) is 60.0 Å². The van der Waals surface area contributed by atoms with E-state index in [0.29, 0.717) is 42.1 Å². The molecule has 0 saturated heterocycles. The molecule has 0 spiro atoms.